The fourth-order valence-corrected chi connectivity index (χ4v) is 3.03. The summed E-state index contributed by atoms with van der Waals surface area (Å²) in [6, 6.07) is 1.01. The maximum Gasteiger partial charge on any atom is 0.0359 e. The first-order valence-corrected chi connectivity index (χ1v) is 5.32. The summed E-state index contributed by atoms with van der Waals surface area (Å²) in [4.78, 5) is 0. The van der Waals surface area contributed by atoms with Gasteiger partial charge in [0.15, 0.2) is 0 Å². The van der Waals surface area contributed by atoms with Crippen LogP contribution in [0.5, 0.6) is 0 Å². The van der Waals surface area contributed by atoms with Crippen molar-refractivity contribution in [2.75, 3.05) is 0 Å². The Bertz CT molecular complexity index is 173. The fourth-order valence-electron chi connectivity index (χ4n) is 3.03. The zero-order valence-corrected chi connectivity index (χ0v) is 8.48. The second kappa shape index (κ2) is 3.23. The number of hydroxylamine groups is 2. The molecular weight excluding hydrogens is 164 g/mol. The van der Waals surface area contributed by atoms with E-state index in [2.05, 4.69) is 13.8 Å². The highest BCUT2D eigenvalue weighted by Crippen LogP contribution is 2.38. The minimum atomic E-state index is 0.294. The summed E-state index contributed by atoms with van der Waals surface area (Å²) in [5, 5.41) is 11.3. The molecule has 3 nitrogen and oxygen atoms in total. The molecule has 76 valence electrons. The zero-order valence-electron chi connectivity index (χ0n) is 8.48. The molecule has 1 aliphatic heterocycles. The Kier molecular flexibility index (Phi) is 2.34. The summed E-state index contributed by atoms with van der Waals surface area (Å²) >= 11 is 0. The molecule has 1 saturated heterocycles. The molecule has 0 aromatic rings. The third-order valence-electron chi connectivity index (χ3n) is 3.89. The standard InChI is InChI=1S/C10H20N2O/c1-6-3-9-5-8(10(6)11)4-7(2)12(9)13/h6-10,13H,3-5,11H2,1-2H3/t6-,7?,8+,9?,10?/m0/s1. The maximum absolute atomic E-state index is 9.79. The van der Waals surface area contributed by atoms with Gasteiger partial charge in [0.25, 0.3) is 0 Å². The van der Waals surface area contributed by atoms with Gasteiger partial charge in [0.1, 0.15) is 0 Å². The number of rotatable bonds is 0. The Hall–Kier alpha value is -0.120. The van der Waals surface area contributed by atoms with Crippen LogP contribution in [0.3, 0.4) is 0 Å². The van der Waals surface area contributed by atoms with Crippen LogP contribution in [-0.2, 0) is 0 Å². The molecule has 2 aliphatic rings. The lowest BCUT2D eigenvalue weighted by atomic mass is 9.70. The molecule has 1 aliphatic carbocycles. The highest BCUT2D eigenvalue weighted by atomic mass is 16.5. The monoisotopic (exact) mass is 184 g/mol. The molecule has 0 amide bonds. The molecule has 5 atom stereocenters. The van der Waals surface area contributed by atoms with Crippen LogP contribution in [0.1, 0.15) is 33.1 Å². The van der Waals surface area contributed by atoms with E-state index in [9.17, 15) is 5.21 Å². The number of nitrogens with zero attached hydrogens (tertiary/aromatic N) is 1. The van der Waals surface area contributed by atoms with Crippen molar-refractivity contribution in [3.05, 3.63) is 0 Å². The van der Waals surface area contributed by atoms with E-state index in [1.807, 2.05) is 0 Å². The highest BCUT2D eigenvalue weighted by Gasteiger charge is 2.41. The Labute approximate surface area is 79.9 Å². The number of fused-ring (bicyclic) bond motifs is 2. The van der Waals surface area contributed by atoms with Crippen LogP contribution >= 0.6 is 0 Å². The van der Waals surface area contributed by atoms with E-state index in [0.717, 1.165) is 19.3 Å². The molecule has 2 rings (SSSR count). The van der Waals surface area contributed by atoms with Crippen LogP contribution in [0.2, 0.25) is 0 Å². The lowest BCUT2D eigenvalue weighted by Gasteiger charge is -2.48. The average molecular weight is 184 g/mol. The van der Waals surface area contributed by atoms with Crippen molar-refractivity contribution in [3.63, 3.8) is 0 Å². The molecule has 1 heterocycles. The zero-order chi connectivity index (χ0) is 9.59. The second-order valence-electron chi connectivity index (χ2n) is 4.90. The Morgan fingerprint density at radius 1 is 1.23 bits per heavy atom. The first-order valence-electron chi connectivity index (χ1n) is 5.32. The van der Waals surface area contributed by atoms with E-state index in [4.69, 9.17) is 5.73 Å². The van der Waals surface area contributed by atoms with Crippen LogP contribution in [0.25, 0.3) is 0 Å². The largest absolute Gasteiger partial charge is 0.327 e. The quantitative estimate of drug-likeness (QED) is 0.595. The molecule has 2 bridgehead atoms. The van der Waals surface area contributed by atoms with Crippen molar-refractivity contribution in [1.82, 2.24) is 5.06 Å². The summed E-state index contributed by atoms with van der Waals surface area (Å²) in [6.45, 7) is 4.29. The Balaban J connectivity index is 2.12. The smallest absolute Gasteiger partial charge is 0.0359 e. The van der Waals surface area contributed by atoms with Crippen LogP contribution in [0.15, 0.2) is 0 Å². The molecular formula is C10H20N2O. The maximum atomic E-state index is 9.79. The van der Waals surface area contributed by atoms with Crippen molar-refractivity contribution in [3.8, 4) is 0 Å². The molecule has 3 N–H and O–H groups in total. The lowest BCUT2D eigenvalue weighted by Crippen LogP contribution is -2.56. The molecule has 1 saturated carbocycles. The number of nitrogens with two attached hydrogens (primary N) is 1. The van der Waals surface area contributed by atoms with Gasteiger partial charge in [-0.15, -0.1) is 0 Å². The SMILES string of the molecule is CC1C[C@@H]2CC(C[C@H](C)C2N)N1O. The summed E-state index contributed by atoms with van der Waals surface area (Å²) in [6.07, 6.45) is 3.20. The van der Waals surface area contributed by atoms with Crippen molar-refractivity contribution < 1.29 is 5.21 Å². The summed E-state index contributed by atoms with van der Waals surface area (Å²) in [5.41, 5.74) is 6.14. The van der Waals surface area contributed by atoms with Crippen molar-refractivity contribution in [2.45, 2.75) is 51.2 Å². The van der Waals surface area contributed by atoms with Gasteiger partial charge in [0.05, 0.1) is 0 Å². The Morgan fingerprint density at radius 2 is 1.92 bits per heavy atom. The van der Waals surface area contributed by atoms with Crippen LogP contribution < -0.4 is 5.73 Å². The second-order valence-corrected chi connectivity index (χ2v) is 4.90. The van der Waals surface area contributed by atoms with E-state index in [0.29, 0.717) is 30.0 Å². The first-order chi connectivity index (χ1) is 6.09. The molecule has 0 spiro atoms. The number of hydrogen-bond donors (Lipinski definition) is 2. The van der Waals surface area contributed by atoms with Crippen molar-refractivity contribution >= 4 is 0 Å². The molecule has 0 radical (unpaired) electrons. The number of hydrogen-bond acceptors (Lipinski definition) is 3. The van der Waals surface area contributed by atoms with E-state index in [-0.39, 0.29) is 0 Å². The van der Waals surface area contributed by atoms with E-state index in [1.165, 1.54) is 0 Å². The van der Waals surface area contributed by atoms with Crippen molar-refractivity contribution in [2.24, 2.45) is 17.6 Å². The van der Waals surface area contributed by atoms with E-state index in [1.54, 1.807) is 5.06 Å². The van der Waals surface area contributed by atoms with Gasteiger partial charge in [-0.1, -0.05) is 6.92 Å². The highest BCUT2D eigenvalue weighted by molar-refractivity contribution is 4.95. The van der Waals surface area contributed by atoms with Gasteiger partial charge in [-0.25, -0.2) is 0 Å². The van der Waals surface area contributed by atoms with E-state index >= 15 is 0 Å². The van der Waals surface area contributed by atoms with Gasteiger partial charge in [0, 0.05) is 18.1 Å². The molecule has 3 heteroatoms. The van der Waals surface area contributed by atoms with Gasteiger partial charge in [-0.2, -0.15) is 5.06 Å². The molecule has 13 heavy (non-hydrogen) atoms. The lowest BCUT2D eigenvalue weighted by molar-refractivity contribution is -0.198. The predicted octanol–water partition coefficient (Wildman–Crippen LogP) is 1.21. The van der Waals surface area contributed by atoms with Crippen LogP contribution in [0.4, 0.5) is 0 Å². The Morgan fingerprint density at radius 3 is 2.62 bits per heavy atom. The third kappa shape index (κ3) is 1.49. The third-order valence-corrected chi connectivity index (χ3v) is 3.89. The minimum Gasteiger partial charge on any atom is -0.327 e. The molecule has 2 fully saturated rings. The topological polar surface area (TPSA) is 49.5 Å². The first kappa shape index (κ1) is 9.44. The summed E-state index contributed by atoms with van der Waals surface area (Å²) < 4.78 is 0. The molecule has 0 aromatic carbocycles. The summed E-state index contributed by atoms with van der Waals surface area (Å²) in [7, 11) is 0. The average Bonchev–Trinajstić information content (AvgIpc) is 2.09. The van der Waals surface area contributed by atoms with Gasteiger partial charge in [-0.05, 0) is 38.0 Å². The van der Waals surface area contributed by atoms with Crippen LogP contribution in [0, 0.1) is 11.8 Å². The molecule has 0 aromatic heterocycles. The predicted molar refractivity (Wildman–Crippen MR) is 51.4 cm³/mol. The van der Waals surface area contributed by atoms with Gasteiger partial charge in [-0.3, -0.25) is 0 Å². The normalized spacial score (nSPS) is 52.2. The minimum absolute atomic E-state index is 0.294. The fraction of sp³-hybridized carbons (Fsp3) is 1.00. The van der Waals surface area contributed by atoms with E-state index < -0.39 is 0 Å². The number of piperidine rings is 1. The van der Waals surface area contributed by atoms with Gasteiger partial charge in [0.2, 0.25) is 0 Å². The van der Waals surface area contributed by atoms with Gasteiger partial charge < -0.3 is 10.9 Å². The van der Waals surface area contributed by atoms with Crippen LogP contribution in [-0.4, -0.2) is 28.4 Å². The summed E-state index contributed by atoms with van der Waals surface area (Å²) in [5.74, 6) is 1.19. The van der Waals surface area contributed by atoms with Gasteiger partial charge >= 0.3 is 0 Å². The van der Waals surface area contributed by atoms with Crippen molar-refractivity contribution in [1.29, 1.82) is 0 Å². The molecule has 3 unspecified atom stereocenters.